The van der Waals surface area contributed by atoms with Crippen molar-refractivity contribution in [1.82, 2.24) is 0 Å². The summed E-state index contributed by atoms with van der Waals surface area (Å²) in [7, 11) is 0. The zero-order valence-corrected chi connectivity index (χ0v) is 14.8. The van der Waals surface area contributed by atoms with Crippen LogP contribution in [0.25, 0.3) is 0 Å². The standard InChI is InChI=1S/C19H22N2O4/c1-12(2)15-7-5-6-8-16(15)20-19(22)14(4)25-18-10-9-13(3)11-17(18)21(23)24/h5-12,14H,1-4H3,(H,20,22). The molecule has 2 rings (SSSR count). The van der Waals surface area contributed by atoms with Crippen molar-refractivity contribution in [3.63, 3.8) is 0 Å². The van der Waals surface area contributed by atoms with Gasteiger partial charge in [0, 0.05) is 11.8 Å². The Balaban J connectivity index is 2.16. The van der Waals surface area contributed by atoms with E-state index in [1.807, 2.05) is 38.1 Å². The first-order valence-corrected chi connectivity index (χ1v) is 8.11. The minimum absolute atomic E-state index is 0.0791. The van der Waals surface area contributed by atoms with E-state index in [2.05, 4.69) is 5.32 Å². The highest BCUT2D eigenvalue weighted by atomic mass is 16.6. The van der Waals surface area contributed by atoms with Crippen molar-refractivity contribution in [3.8, 4) is 5.75 Å². The number of nitro benzene ring substituents is 1. The predicted octanol–water partition coefficient (Wildman–Crippen LogP) is 4.43. The quantitative estimate of drug-likeness (QED) is 0.622. The number of carbonyl (C=O) groups excluding carboxylic acids is 1. The number of hydrogen-bond acceptors (Lipinski definition) is 4. The minimum Gasteiger partial charge on any atom is -0.474 e. The van der Waals surface area contributed by atoms with Gasteiger partial charge in [-0.1, -0.05) is 38.1 Å². The summed E-state index contributed by atoms with van der Waals surface area (Å²) in [6.45, 7) is 7.41. The number of rotatable bonds is 6. The van der Waals surface area contributed by atoms with Gasteiger partial charge < -0.3 is 10.1 Å². The predicted molar refractivity (Wildman–Crippen MR) is 97.1 cm³/mol. The van der Waals surface area contributed by atoms with E-state index < -0.39 is 11.0 Å². The summed E-state index contributed by atoms with van der Waals surface area (Å²) in [5, 5.41) is 14.0. The maximum absolute atomic E-state index is 12.4. The van der Waals surface area contributed by atoms with Gasteiger partial charge in [0.05, 0.1) is 4.92 Å². The number of nitro groups is 1. The van der Waals surface area contributed by atoms with Crippen molar-refractivity contribution in [1.29, 1.82) is 0 Å². The molecule has 1 amide bonds. The minimum atomic E-state index is -0.873. The van der Waals surface area contributed by atoms with Crippen LogP contribution in [0, 0.1) is 17.0 Å². The zero-order chi connectivity index (χ0) is 18.6. The first-order chi connectivity index (χ1) is 11.8. The molecule has 0 spiro atoms. The third-order valence-corrected chi connectivity index (χ3v) is 3.82. The van der Waals surface area contributed by atoms with Crippen LogP contribution in [0.2, 0.25) is 0 Å². The smallest absolute Gasteiger partial charge is 0.311 e. The lowest BCUT2D eigenvalue weighted by atomic mass is 10.0. The summed E-state index contributed by atoms with van der Waals surface area (Å²) in [5.41, 5.74) is 2.34. The van der Waals surface area contributed by atoms with Gasteiger partial charge in [-0.15, -0.1) is 0 Å². The van der Waals surface area contributed by atoms with Gasteiger partial charge in [-0.25, -0.2) is 0 Å². The first kappa shape index (κ1) is 18.4. The summed E-state index contributed by atoms with van der Waals surface area (Å²) in [4.78, 5) is 23.1. The Morgan fingerprint density at radius 1 is 1.16 bits per heavy atom. The van der Waals surface area contributed by atoms with Crippen LogP contribution in [-0.2, 0) is 4.79 Å². The summed E-state index contributed by atoms with van der Waals surface area (Å²) >= 11 is 0. The molecule has 1 atom stereocenters. The molecule has 1 N–H and O–H groups in total. The lowest BCUT2D eigenvalue weighted by Gasteiger charge is -2.17. The summed E-state index contributed by atoms with van der Waals surface area (Å²) in [6.07, 6.45) is -0.873. The number of amides is 1. The van der Waals surface area contributed by atoms with E-state index in [0.29, 0.717) is 0 Å². The number of aryl methyl sites for hydroxylation is 1. The SMILES string of the molecule is Cc1ccc(OC(C)C(=O)Nc2ccccc2C(C)C)c([N+](=O)[O-])c1. The molecule has 0 saturated heterocycles. The Morgan fingerprint density at radius 2 is 1.84 bits per heavy atom. The van der Waals surface area contributed by atoms with Crippen molar-refractivity contribution in [2.75, 3.05) is 5.32 Å². The van der Waals surface area contributed by atoms with Crippen LogP contribution in [0.4, 0.5) is 11.4 Å². The monoisotopic (exact) mass is 342 g/mol. The van der Waals surface area contributed by atoms with Crippen LogP contribution in [0.5, 0.6) is 5.75 Å². The number of benzene rings is 2. The first-order valence-electron chi connectivity index (χ1n) is 8.11. The molecule has 0 saturated carbocycles. The number of hydrogen-bond donors (Lipinski definition) is 1. The lowest BCUT2D eigenvalue weighted by Crippen LogP contribution is -2.30. The van der Waals surface area contributed by atoms with E-state index in [1.165, 1.54) is 12.1 Å². The number of ether oxygens (including phenoxy) is 1. The van der Waals surface area contributed by atoms with Crippen LogP contribution >= 0.6 is 0 Å². The molecular weight excluding hydrogens is 320 g/mol. The van der Waals surface area contributed by atoms with Crippen molar-refractivity contribution < 1.29 is 14.5 Å². The molecule has 1 unspecified atom stereocenters. The van der Waals surface area contributed by atoms with E-state index in [-0.39, 0.29) is 23.3 Å². The fraction of sp³-hybridized carbons (Fsp3) is 0.316. The van der Waals surface area contributed by atoms with Gasteiger partial charge in [-0.3, -0.25) is 14.9 Å². The molecule has 2 aromatic carbocycles. The molecule has 6 heteroatoms. The molecule has 2 aromatic rings. The van der Waals surface area contributed by atoms with Crippen molar-refractivity contribution in [3.05, 3.63) is 63.7 Å². The second-order valence-electron chi connectivity index (χ2n) is 6.22. The van der Waals surface area contributed by atoms with E-state index in [1.54, 1.807) is 19.9 Å². The summed E-state index contributed by atoms with van der Waals surface area (Å²) in [6, 6.07) is 12.2. The fourth-order valence-electron chi connectivity index (χ4n) is 2.46. The normalized spacial score (nSPS) is 11.9. The van der Waals surface area contributed by atoms with Gasteiger partial charge in [0.25, 0.3) is 5.91 Å². The average molecular weight is 342 g/mol. The largest absolute Gasteiger partial charge is 0.474 e. The number of anilines is 1. The van der Waals surface area contributed by atoms with Gasteiger partial charge in [-0.05, 0) is 43.0 Å². The van der Waals surface area contributed by atoms with Crippen LogP contribution in [0.1, 0.15) is 37.8 Å². The Morgan fingerprint density at radius 3 is 2.48 bits per heavy atom. The van der Waals surface area contributed by atoms with Gasteiger partial charge in [0.1, 0.15) is 0 Å². The molecule has 0 bridgehead atoms. The van der Waals surface area contributed by atoms with Gasteiger partial charge in [-0.2, -0.15) is 0 Å². The van der Waals surface area contributed by atoms with Crippen LogP contribution in [-0.4, -0.2) is 16.9 Å². The third kappa shape index (κ3) is 4.56. The molecule has 0 aliphatic heterocycles. The summed E-state index contributed by atoms with van der Waals surface area (Å²) in [5.74, 6) is -0.0238. The zero-order valence-electron chi connectivity index (χ0n) is 14.8. The third-order valence-electron chi connectivity index (χ3n) is 3.82. The highest BCUT2D eigenvalue weighted by Gasteiger charge is 2.22. The topological polar surface area (TPSA) is 81.5 Å². The maximum atomic E-state index is 12.4. The second kappa shape index (κ2) is 7.79. The molecule has 0 aliphatic carbocycles. The van der Waals surface area contributed by atoms with Crippen molar-refractivity contribution >= 4 is 17.3 Å². The number of carbonyl (C=O) groups is 1. The number of nitrogens with one attached hydrogen (secondary N) is 1. The van der Waals surface area contributed by atoms with E-state index in [4.69, 9.17) is 4.74 Å². The van der Waals surface area contributed by atoms with Crippen LogP contribution in [0.15, 0.2) is 42.5 Å². The van der Waals surface area contributed by atoms with Gasteiger partial charge in [0.2, 0.25) is 0 Å². The Hall–Kier alpha value is -2.89. The molecule has 6 nitrogen and oxygen atoms in total. The second-order valence-corrected chi connectivity index (χ2v) is 6.22. The Bertz CT molecular complexity index is 787. The fourth-order valence-corrected chi connectivity index (χ4v) is 2.46. The molecule has 0 aliphatic rings. The van der Waals surface area contributed by atoms with Gasteiger partial charge >= 0.3 is 5.69 Å². The molecule has 132 valence electrons. The highest BCUT2D eigenvalue weighted by Crippen LogP contribution is 2.29. The van der Waals surface area contributed by atoms with Crippen LogP contribution < -0.4 is 10.1 Å². The Kier molecular flexibility index (Phi) is 5.75. The van der Waals surface area contributed by atoms with E-state index >= 15 is 0 Å². The molecule has 0 radical (unpaired) electrons. The van der Waals surface area contributed by atoms with Crippen molar-refractivity contribution in [2.24, 2.45) is 0 Å². The number of nitrogens with zero attached hydrogens (tertiary/aromatic N) is 1. The molecule has 0 aromatic heterocycles. The summed E-state index contributed by atoms with van der Waals surface area (Å²) < 4.78 is 5.54. The van der Waals surface area contributed by atoms with E-state index in [0.717, 1.165) is 16.8 Å². The van der Waals surface area contributed by atoms with Crippen molar-refractivity contribution in [2.45, 2.75) is 39.7 Å². The van der Waals surface area contributed by atoms with Crippen LogP contribution in [0.3, 0.4) is 0 Å². The molecular formula is C19H22N2O4. The molecule has 0 heterocycles. The van der Waals surface area contributed by atoms with Gasteiger partial charge in [0.15, 0.2) is 11.9 Å². The average Bonchev–Trinajstić information content (AvgIpc) is 2.56. The number of para-hydroxylation sites is 1. The molecule has 25 heavy (non-hydrogen) atoms. The molecule has 0 fully saturated rings. The highest BCUT2D eigenvalue weighted by molar-refractivity contribution is 5.94. The maximum Gasteiger partial charge on any atom is 0.311 e. The van der Waals surface area contributed by atoms with E-state index in [9.17, 15) is 14.9 Å². The Labute approximate surface area is 147 Å². The lowest BCUT2D eigenvalue weighted by molar-refractivity contribution is -0.386.